The van der Waals surface area contributed by atoms with Gasteiger partial charge in [-0.05, 0) is 56.2 Å². The molecule has 0 atom stereocenters. The summed E-state index contributed by atoms with van der Waals surface area (Å²) in [6.07, 6.45) is 0. The summed E-state index contributed by atoms with van der Waals surface area (Å²) >= 11 is 0. The number of aryl methyl sites for hydroxylation is 3. The molecule has 0 unspecified atom stereocenters. The van der Waals surface area contributed by atoms with E-state index in [1.807, 2.05) is 32.9 Å². The zero-order valence-corrected chi connectivity index (χ0v) is 12.2. The van der Waals surface area contributed by atoms with Crippen molar-refractivity contribution in [3.63, 3.8) is 0 Å². The van der Waals surface area contributed by atoms with Gasteiger partial charge in [0.2, 0.25) is 0 Å². The Morgan fingerprint density at radius 1 is 0.905 bits per heavy atom. The number of anilines is 1. The average Bonchev–Trinajstić information content (AvgIpc) is 2.42. The summed E-state index contributed by atoms with van der Waals surface area (Å²) in [4.78, 5) is 23.0. The quantitative estimate of drug-likeness (QED) is 0.905. The number of carbonyl (C=O) groups is 2. The zero-order valence-electron chi connectivity index (χ0n) is 12.2. The van der Waals surface area contributed by atoms with Crippen molar-refractivity contribution in [3.05, 3.63) is 64.2 Å². The summed E-state index contributed by atoms with van der Waals surface area (Å²) in [5.74, 6) is -1.26. The van der Waals surface area contributed by atoms with Crippen molar-refractivity contribution in [1.82, 2.24) is 0 Å². The van der Waals surface area contributed by atoms with Crippen LogP contribution in [0.25, 0.3) is 0 Å². The molecule has 2 rings (SSSR count). The lowest BCUT2D eigenvalue weighted by atomic mass is 10.0. The van der Waals surface area contributed by atoms with Gasteiger partial charge in [0.15, 0.2) is 0 Å². The molecule has 0 saturated carbocycles. The molecular formula is C17H17NO3. The van der Waals surface area contributed by atoms with E-state index in [-0.39, 0.29) is 11.5 Å². The fourth-order valence-corrected chi connectivity index (χ4v) is 2.33. The number of carboxylic acid groups (broad SMARTS) is 1. The maximum Gasteiger partial charge on any atom is 0.335 e. The van der Waals surface area contributed by atoms with Crippen LogP contribution in [0.2, 0.25) is 0 Å². The van der Waals surface area contributed by atoms with Gasteiger partial charge in [0, 0.05) is 11.3 Å². The number of hydrogen-bond acceptors (Lipinski definition) is 2. The van der Waals surface area contributed by atoms with Gasteiger partial charge in [-0.2, -0.15) is 0 Å². The zero-order chi connectivity index (χ0) is 15.6. The van der Waals surface area contributed by atoms with Crippen LogP contribution in [0.1, 0.15) is 37.4 Å². The van der Waals surface area contributed by atoms with Gasteiger partial charge in [-0.1, -0.05) is 17.7 Å². The Morgan fingerprint density at radius 3 is 1.86 bits per heavy atom. The first-order chi connectivity index (χ1) is 9.88. The molecule has 0 radical (unpaired) electrons. The second kappa shape index (κ2) is 5.79. The van der Waals surface area contributed by atoms with Gasteiger partial charge >= 0.3 is 5.97 Å². The van der Waals surface area contributed by atoms with Crippen molar-refractivity contribution in [2.75, 3.05) is 5.32 Å². The van der Waals surface area contributed by atoms with E-state index in [1.165, 1.54) is 24.3 Å². The fraction of sp³-hybridized carbons (Fsp3) is 0.176. The number of amides is 1. The van der Waals surface area contributed by atoms with E-state index >= 15 is 0 Å². The Morgan fingerprint density at radius 2 is 1.38 bits per heavy atom. The van der Waals surface area contributed by atoms with Crippen molar-refractivity contribution < 1.29 is 14.7 Å². The molecule has 0 saturated heterocycles. The molecule has 0 aliphatic carbocycles. The third kappa shape index (κ3) is 3.28. The van der Waals surface area contributed by atoms with Crippen LogP contribution in [0.15, 0.2) is 36.4 Å². The molecule has 21 heavy (non-hydrogen) atoms. The van der Waals surface area contributed by atoms with Crippen molar-refractivity contribution >= 4 is 17.6 Å². The first-order valence-corrected chi connectivity index (χ1v) is 6.61. The van der Waals surface area contributed by atoms with Crippen LogP contribution >= 0.6 is 0 Å². The predicted molar refractivity (Wildman–Crippen MR) is 82.0 cm³/mol. The highest BCUT2D eigenvalue weighted by Crippen LogP contribution is 2.22. The minimum absolute atomic E-state index is 0.161. The molecule has 0 aliphatic heterocycles. The van der Waals surface area contributed by atoms with Crippen LogP contribution < -0.4 is 5.32 Å². The molecule has 0 spiro atoms. The maximum absolute atomic E-state index is 12.2. The lowest BCUT2D eigenvalue weighted by Gasteiger charge is -2.13. The number of rotatable bonds is 3. The molecule has 1 amide bonds. The summed E-state index contributed by atoms with van der Waals surface area (Å²) in [7, 11) is 0. The van der Waals surface area contributed by atoms with Gasteiger partial charge in [-0.15, -0.1) is 0 Å². The summed E-state index contributed by atoms with van der Waals surface area (Å²) in [5, 5.41) is 11.7. The van der Waals surface area contributed by atoms with Crippen molar-refractivity contribution in [3.8, 4) is 0 Å². The third-order valence-corrected chi connectivity index (χ3v) is 3.31. The molecule has 0 fully saturated rings. The van der Waals surface area contributed by atoms with Crippen molar-refractivity contribution in [2.24, 2.45) is 0 Å². The monoisotopic (exact) mass is 283 g/mol. The highest BCUT2D eigenvalue weighted by molar-refractivity contribution is 6.05. The molecule has 0 heterocycles. The molecule has 0 aromatic heterocycles. The van der Waals surface area contributed by atoms with E-state index in [0.29, 0.717) is 5.56 Å². The highest BCUT2D eigenvalue weighted by Gasteiger charge is 2.11. The first kappa shape index (κ1) is 14.8. The van der Waals surface area contributed by atoms with Gasteiger partial charge < -0.3 is 10.4 Å². The lowest BCUT2D eigenvalue weighted by molar-refractivity contribution is 0.0696. The molecular weight excluding hydrogens is 266 g/mol. The fourth-order valence-electron chi connectivity index (χ4n) is 2.33. The van der Waals surface area contributed by atoms with Crippen LogP contribution in [-0.4, -0.2) is 17.0 Å². The summed E-state index contributed by atoms with van der Waals surface area (Å²) in [6.45, 7) is 5.91. The molecule has 4 nitrogen and oxygen atoms in total. The van der Waals surface area contributed by atoms with Crippen LogP contribution in [0, 0.1) is 20.8 Å². The number of hydrogen-bond donors (Lipinski definition) is 2. The molecule has 0 bridgehead atoms. The van der Waals surface area contributed by atoms with Crippen LogP contribution in [0.4, 0.5) is 5.69 Å². The van der Waals surface area contributed by atoms with E-state index in [4.69, 9.17) is 5.11 Å². The largest absolute Gasteiger partial charge is 0.478 e. The number of carboxylic acids is 1. The Hall–Kier alpha value is -2.62. The highest BCUT2D eigenvalue weighted by atomic mass is 16.4. The summed E-state index contributed by atoms with van der Waals surface area (Å²) in [5.41, 5.74) is 4.54. The normalized spacial score (nSPS) is 10.2. The first-order valence-electron chi connectivity index (χ1n) is 6.61. The molecule has 2 aromatic rings. The number of benzene rings is 2. The van der Waals surface area contributed by atoms with Gasteiger partial charge in [0.25, 0.3) is 5.91 Å². The van der Waals surface area contributed by atoms with E-state index in [9.17, 15) is 9.59 Å². The minimum Gasteiger partial charge on any atom is -0.478 e. The topological polar surface area (TPSA) is 66.4 Å². The van der Waals surface area contributed by atoms with E-state index in [0.717, 1.165) is 22.4 Å². The smallest absolute Gasteiger partial charge is 0.335 e. The minimum atomic E-state index is -1.01. The Balaban J connectivity index is 2.24. The standard InChI is InChI=1S/C17H17NO3/c1-10-8-11(2)15(12(3)9-10)18-16(19)13-4-6-14(7-5-13)17(20)21/h4-9H,1-3H3,(H,18,19)(H,20,21). The van der Waals surface area contributed by atoms with Crippen LogP contribution in [0.3, 0.4) is 0 Å². The number of nitrogens with one attached hydrogen (secondary N) is 1. The second-order valence-corrected chi connectivity index (χ2v) is 5.11. The Bertz CT molecular complexity index is 679. The van der Waals surface area contributed by atoms with E-state index < -0.39 is 5.97 Å². The molecule has 2 N–H and O–H groups in total. The summed E-state index contributed by atoms with van der Waals surface area (Å²) < 4.78 is 0. The SMILES string of the molecule is Cc1cc(C)c(NC(=O)c2ccc(C(=O)O)cc2)c(C)c1. The maximum atomic E-state index is 12.2. The van der Waals surface area contributed by atoms with Gasteiger partial charge in [-0.25, -0.2) is 4.79 Å². The predicted octanol–water partition coefficient (Wildman–Crippen LogP) is 3.56. The van der Waals surface area contributed by atoms with Gasteiger partial charge in [0.1, 0.15) is 0 Å². The van der Waals surface area contributed by atoms with E-state index in [1.54, 1.807) is 0 Å². The molecule has 0 aliphatic rings. The van der Waals surface area contributed by atoms with Gasteiger partial charge in [0.05, 0.1) is 5.56 Å². The van der Waals surface area contributed by atoms with Crippen molar-refractivity contribution in [2.45, 2.75) is 20.8 Å². The summed E-state index contributed by atoms with van der Waals surface area (Å²) in [6, 6.07) is 9.89. The second-order valence-electron chi connectivity index (χ2n) is 5.11. The molecule has 2 aromatic carbocycles. The molecule has 4 heteroatoms. The lowest BCUT2D eigenvalue weighted by Crippen LogP contribution is -2.14. The van der Waals surface area contributed by atoms with Gasteiger partial charge in [-0.3, -0.25) is 4.79 Å². The Kier molecular flexibility index (Phi) is 4.08. The molecule has 108 valence electrons. The average molecular weight is 283 g/mol. The van der Waals surface area contributed by atoms with E-state index in [2.05, 4.69) is 5.32 Å². The van der Waals surface area contributed by atoms with Crippen LogP contribution in [0.5, 0.6) is 0 Å². The third-order valence-electron chi connectivity index (χ3n) is 3.31. The number of aromatic carboxylic acids is 1. The Labute approximate surface area is 123 Å². The number of carbonyl (C=O) groups excluding carboxylic acids is 1. The van der Waals surface area contributed by atoms with Crippen LogP contribution in [-0.2, 0) is 0 Å². The van der Waals surface area contributed by atoms with Crippen molar-refractivity contribution in [1.29, 1.82) is 0 Å².